The number of aryl methyl sites for hydroxylation is 1. The number of ether oxygens (including phenoxy) is 1. The maximum atomic E-state index is 11.9. The lowest BCUT2D eigenvalue weighted by Crippen LogP contribution is -2.05. The molecule has 1 aliphatic rings. The van der Waals surface area contributed by atoms with Gasteiger partial charge in [-0.15, -0.1) is 0 Å². The maximum absolute atomic E-state index is 11.9. The summed E-state index contributed by atoms with van der Waals surface area (Å²) in [5.41, 5.74) is 3.18. The molecule has 0 amide bonds. The Kier molecular flexibility index (Phi) is 3.71. The SMILES string of the molecule is Cc1ccc(/C=C2\N=C(c3cccc(Br)c3)OC2=O)cc1. The van der Waals surface area contributed by atoms with Gasteiger partial charge in [0.1, 0.15) is 0 Å². The first-order valence-electron chi connectivity index (χ1n) is 6.47. The van der Waals surface area contributed by atoms with Crippen LogP contribution < -0.4 is 0 Å². The number of hydrogen-bond donors (Lipinski definition) is 0. The van der Waals surface area contributed by atoms with Crippen molar-refractivity contribution in [1.82, 2.24) is 0 Å². The Hall–Kier alpha value is -2.20. The van der Waals surface area contributed by atoms with Gasteiger partial charge in [0.2, 0.25) is 5.90 Å². The maximum Gasteiger partial charge on any atom is 0.363 e. The Morgan fingerprint density at radius 2 is 1.90 bits per heavy atom. The van der Waals surface area contributed by atoms with Gasteiger partial charge in [0, 0.05) is 10.0 Å². The van der Waals surface area contributed by atoms with Crippen molar-refractivity contribution in [3.05, 3.63) is 75.4 Å². The Bertz CT molecular complexity index is 761. The summed E-state index contributed by atoms with van der Waals surface area (Å²) in [6.45, 7) is 2.02. The third-order valence-corrected chi connectivity index (χ3v) is 3.57. The number of carbonyl (C=O) groups excluding carboxylic acids is 1. The quantitative estimate of drug-likeness (QED) is 0.609. The van der Waals surface area contributed by atoms with E-state index in [1.807, 2.05) is 55.5 Å². The molecule has 0 saturated heterocycles. The lowest BCUT2D eigenvalue weighted by molar-refractivity contribution is -0.129. The first-order valence-corrected chi connectivity index (χ1v) is 7.26. The van der Waals surface area contributed by atoms with Crippen LogP contribution in [0.4, 0.5) is 0 Å². The Morgan fingerprint density at radius 3 is 2.62 bits per heavy atom. The van der Waals surface area contributed by atoms with Gasteiger partial charge in [-0.2, -0.15) is 0 Å². The molecule has 0 saturated carbocycles. The zero-order valence-electron chi connectivity index (χ0n) is 11.3. The third kappa shape index (κ3) is 3.11. The molecule has 0 aromatic heterocycles. The number of aliphatic imine (C=N–C) groups is 1. The second-order valence-electron chi connectivity index (χ2n) is 4.76. The molecule has 4 heteroatoms. The topological polar surface area (TPSA) is 38.7 Å². The summed E-state index contributed by atoms with van der Waals surface area (Å²) in [6, 6.07) is 15.4. The molecule has 0 spiro atoms. The second-order valence-corrected chi connectivity index (χ2v) is 5.67. The van der Waals surface area contributed by atoms with Crippen molar-refractivity contribution in [2.24, 2.45) is 4.99 Å². The van der Waals surface area contributed by atoms with Gasteiger partial charge in [0.05, 0.1) is 0 Å². The predicted octanol–water partition coefficient (Wildman–Crippen LogP) is 4.10. The number of benzene rings is 2. The van der Waals surface area contributed by atoms with E-state index >= 15 is 0 Å². The summed E-state index contributed by atoms with van der Waals surface area (Å²) in [4.78, 5) is 16.2. The van der Waals surface area contributed by atoms with Crippen LogP contribution in [0, 0.1) is 6.92 Å². The Morgan fingerprint density at radius 1 is 1.14 bits per heavy atom. The van der Waals surface area contributed by atoms with Crippen molar-refractivity contribution >= 4 is 33.9 Å². The summed E-state index contributed by atoms with van der Waals surface area (Å²) in [5.74, 6) is -0.0924. The average Bonchev–Trinajstić information content (AvgIpc) is 2.83. The van der Waals surface area contributed by atoms with Crippen LogP contribution in [0.1, 0.15) is 16.7 Å². The largest absolute Gasteiger partial charge is 0.402 e. The monoisotopic (exact) mass is 341 g/mol. The standard InChI is InChI=1S/C17H12BrNO2/c1-11-5-7-12(8-6-11)9-15-17(20)21-16(19-15)13-3-2-4-14(18)10-13/h2-10H,1H3/b15-9-. The van der Waals surface area contributed by atoms with Gasteiger partial charge in [0.25, 0.3) is 0 Å². The Labute approximate surface area is 131 Å². The molecule has 104 valence electrons. The van der Waals surface area contributed by atoms with E-state index in [1.54, 1.807) is 6.08 Å². The van der Waals surface area contributed by atoms with Gasteiger partial charge >= 0.3 is 5.97 Å². The Balaban J connectivity index is 1.93. The molecule has 0 bridgehead atoms. The third-order valence-electron chi connectivity index (χ3n) is 3.07. The molecule has 0 atom stereocenters. The zero-order valence-corrected chi connectivity index (χ0v) is 12.9. The van der Waals surface area contributed by atoms with Crippen molar-refractivity contribution in [3.63, 3.8) is 0 Å². The molecular weight excluding hydrogens is 330 g/mol. The molecule has 3 nitrogen and oxygen atoms in total. The number of esters is 1. The fraction of sp³-hybridized carbons (Fsp3) is 0.0588. The first-order chi connectivity index (χ1) is 10.1. The minimum Gasteiger partial charge on any atom is -0.402 e. The van der Waals surface area contributed by atoms with Crippen LogP contribution in [-0.2, 0) is 9.53 Å². The smallest absolute Gasteiger partial charge is 0.363 e. The minimum absolute atomic E-state index is 0.314. The number of halogens is 1. The second kappa shape index (κ2) is 5.66. The van der Waals surface area contributed by atoms with Crippen LogP contribution in [0.25, 0.3) is 6.08 Å². The number of cyclic esters (lactones) is 1. The molecule has 0 aliphatic carbocycles. The molecule has 3 rings (SSSR count). The fourth-order valence-corrected chi connectivity index (χ4v) is 2.37. The van der Waals surface area contributed by atoms with Crippen molar-refractivity contribution in [2.45, 2.75) is 6.92 Å². The molecule has 1 heterocycles. The van der Waals surface area contributed by atoms with Crippen LogP contribution in [0.3, 0.4) is 0 Å². The van der Waals surface area contributed by atoms with E-state index in [1.165, 1.54) is 5.56 Å². The molecule has 0 N–H and O–H groups in total. The molecule has 0 unspecified atom stereocenters. The van der Waals surface area contributed by atoms with Crippen LogP contribution in [0.2, 0.25) is 0 Å². The van der Waals surface area contributed by atoms with Gasteiger partial charge in [-0.05, 0) is 36.8 Å². The summed E-state index contributed by atoms with van der Waals surface area (Å²) in [5, 5.41) is 0. The van der Waals surface area contributed by atoms with Gasteiger partial charge in [-0.25, -0.2) is 9.79 Å². The van der Waals surface area contributed by atoms with E-state index in [0.717, 1.165) is 15.6 Å². The highest BCUT2D eigenvalue weighted by Crippen LogP contribution is 2.21. The van der Waals surface area contributed by atoms with Crippen molar-refractivity contribution in [2.75, 3.05) is 0 Å². The van der Waals surface area contributed by atoms with Gasteiger partial charge in [-0.3, -0.25) is 0 Å². The average molecular weight is 342 g/mol. The van der Waals surface area contributed by atoms with Crippen LogP contribution >= 0.6 is 15.9 Å². The van der Waals surface area contributed by atoms with E-state index in [4.69, 9.17) is 4.74 Å². The van der Waals surface area contributed by atoms with Crippen molar-refractivity contribution in [1.29, 1.82) is 0 Å². The molecule has 0 fully saturated rings. The zero-order chi connectivity index (χ0) is 14.8. The van der Waals surface area contributed by atoms with E-state index in [0.29, 0.717) is 11.6 Å². The van der Waals surface area contributed by atoms with Gasteiger partial charge in [0.15, 0.2) is 5.70 Å². The van der Waals surface area contributed by atoms with Gasteiger partial charge < -0.3 is 4.74 Å². The lowest BCUT2D eigenvalue weighted by atomic mass is 10.1. The van der Waals surface area contributed by atoms with E-state index < -0.39 is 5.97 Å². The highest BCUT2D eigenvalue weighted by Gasteiger charge is 2.24. The van der Waals surface area contributed by atoms with E-state index in [9.17, 15) is 4.79 Å². The number of hydrogen-bond acceptors (Lipinski definition) is 3. The summed E-state index contributed by atoms with van der Waals surface area (Å²) >= 11 is 3.39. The highest BCUT2D eigenvalue weighted by atomic mass is 79.9. The number of nitrogens with zero attached hydrogens (tertiary/aromatic N) is 1. The fourth-order valence-electron chi connectivity index (χ4n) is 1.97. The lowest BCUT2D eigenvalue weighted by Gasteiger charge is -1.99. The minimum atomic E-state index is -0.425. The first kappa shape index (κ1) is 13.8. The predicted molar refractivity (Wildman–Crippen MR) is 85.9 cm³/mol. The molecular formula is C17H12BrNO2. The molecule has 0 radical (unpaired) electrons. The van der Waals surface area contributed by atoms with Crippen LogP contribution in [0.5, 0.6) is 0 Å². The van der Waals surface area contributed by atoms with E-state index in [-0.39, 0.29) is 0 Å². The molecule has 2 aromatic rings. The molecule has 2 aromatic carbocycles. The number of carbonyl (C=O) groups is 1. The van der Waals surface area contributed by atoms with Crippen molar-refractivity contribution < 1.29 is 9.53 Å². The van der Waals surface area contributed by atoms with Crippen molar-refractivity contribution in [3.8, 4) is 0 Å². The molecule has 1 aliphatic heterocycles. The van der Waals surface area contributed by atoms with Crippen LogP contribution in [-0.4, -0.2) is 11.9 Å². The molecule has 21 heavy (non-hydrogen) atoms. The summed E-state index contributed by atoms with van der Waals surface area (Å²) in [6.07, 6.45) is 1.73. The summed E-state index contributed by atoms with van der Waals surface area (Å²) in [7, 11) is 0. The van der Waals surface area contributed by atoms with Gasteiger partial charge in [-0.1, -0.05) is 51.8 Å². The van der Waals surface area contributed by atoms with E-state index in [2.05, 4.69) is 20.9 Å². The van der Waals surface area contributed by atoms with Crippen LogP contribution in [0.15, 0.2) is 63.7 Å². The normalized spacial score (nSPS) is 16.0. The summed E-state index contributed by atoms with van der Waals surface area (Å²) < 4.78 is 6.14. The number of rotatable bonds is 2. The highest BCUT2D eigenvalue weighted by molar-refractivity contribution is 9.10.